The second kappa shape index (κ2) is 6.00. The molecule has 1 aliphatic carbocycles. The van der Waals surface area contributed by atoms with Crippen LogP contribution in [0.4, 0.5) is 4.39 Å². The Morgan fingerprint density at radius 2 is 1.96 bits per heavy atom. The maximum absolute atomic E-state index is 13.5. The molecule has 1 fully saturated rings. The van der Waals surface area contributed by atoms with Crippen LogP contribution in [-0.4, -0.2) is 21.0 Å². The van der Waals surface area contributed by atoms with E-state index in [2.05, 4.69) is 9.36 Å². The Labute approximate surface area is 162 Å². The lowest BCUT2D eigenvalue weighted by atomic mass is 10.00. The average Bonchev–Trinajstić information content (AvgIpc) is 3.43. The summed E-state index contributed by atoms with van der Waals surface area (Å²) in [7, 11) is 1.55. The van der Waals surface area contributed by atoms with Crippen molar-refractivity contribution in [2.24, 2.45) is 0 Å². The zero-order valence-corrected chi connectivity index (χ0v) is 16.0. The van der Waals surface area contributed by atoms with Crippen molar-refractivity contribution in [2.45, 2.75) is 25.8 Å². The molecule has 3 aromatic heterocycles. The molecule has 8 heteroatoms. The van der Waals surface area contributed by atoms with Gasteiger partial charge < -0.3 is 9.30 Å². The van der Waals surface area contributed by atoms with Gasteiger partial charge in [-0.3, -0.25) is 14.0 Å². The van der Waals surface area contributed by atoms with Crippen molar-refractivity contribution in [2.75, 3.05) is 7.11 Å². The van der Waals surface area contributed by atoms with Gasteiger partial charge in [0.2, 0.25) is 11.4 Å². The molecule has 1 saturated carbocycles. The second-order valence-corrected chi connectivity index (χ2v) is 7.75. The molecule has 1 aromatic carbocycles. The topological polar surface area (TPSA) is 77.0 Å². The molecule has 0 atom stereocenters. The highest BCUT2D eigenvalue weighted by atomic mass is 32.1. The van der Waals surface area contributed by atoms with E-state index in [1.807, 2.05) is 4.57 Å². The van der Waals surface area contributed by atoms with E-state index in [1.54, 1.807) is 32.2 Å². The number of H-pyrrole nitrogens is 1. The molecule has 3 heterocycles. The molecule has 142 valence electrons. The molecule has 1 N–H and O–H groups in total. The number of nitrogens with zero attached hydrogens (tertiary/aromatic N) is 2. The molecule has 0 unspecified atom stereocenters. The summed E-state index contributed by atoms with van der Waals surface area (Å²) in [4.78, 5) is 29.8. The predicted molar refractivity (Wildman–Crippen MR) is 107 cm³/mol. The minimum Gasteiger partial charge on any atom is -0.494 e. The van der Waals surface area contributed by atoms with Gasteiger partial charge in [0.1, 0.15) is 10.2 Å². The normalized spacial score (nSPS) is 14.1. The van der Waals surface area contributed by atoms with Gasteiger partial charge in [-0.2, -0.15) is 4.39 Å². The van der Waals surface area contributed by atoms with Gasteiger partial charge in [-0.05, 0) is 55.6 Å². The third-order valence-electron chi connectivity index (χ3n) is 5.20. The number of rotatable bonds is 3. The van der Waals surface area contributed by atoms with Crippen molar-refractivity contribution in [1.82, 2.24) is 13.9 Å². The van der Waals surface area contributed by atoms with Gasteiger partial charge in [0.25, 0.3) is 5.56 Å². The maximum atomic E-state index is 13.5. The van der Waals surface area contributed by atoms with E-state index in [4.69, 9.17) is 4.74 Å². The molecule has 0 bridgehead atoms. The van der Waals surface area contributed by atoms with E-state index >= 15 is 0 Å². The smallest absolute Gasteiger partial charge is 0.271 e. The number of aromatic amines is 1. The SMILES string of the molecule is COc1c(-c2ccc(F)nc2C)ccc2c(=O)c3c(=O)[nH]sc3n(C3CC3)c12. The monoisotopic (exact) mass is 397 g/mol. The molecule has 0 saturated heterocycles. The molecule has 0 spiro atoms. The Bertz CT molecular complexity index is 1380. The summed E-state index contributed by atoms with van der Waals surface area (Å²) in [5.41, 5.74) is 2.00. The Morgan fingerprint density at radius 3 is 2.64 bits per heavy atom. The van der Waals surface area contributed by atoms with Crippen molar-refractivity contribution in [3.63, 3.8) is 0 Å². The summed E-state index contributed by atoms with van der Waals surface area (Å²) in [6.07, 6.45) is 1.95. The first-order valence-corrected chi connectivity index (χ1v) is 9.72. The quantitative estimate of drug-likeness (QED) is 0.534. The number of hydrogen-bond acceptors (Lipinski definition) is 5. The van der Waals surface area contributed by atoms with Gasteiger partial charge in [0, 0.05) is 22.9 Å². The lowest BCUT2D eigenvalue weighted by Crippen LogP contribution is -2.16. The summed E-state index contributed by atoms with van der Waals surface area (Å²) < 4.78 is 24.0. The predicted octanol–water partition coefficient (Wildman–Crippen LogP) is 3.76. The van der Waals surface area contributed by atoms with E-state index in [1.165, 1.54) is 17.6 Å². The van der Waals surface area contributed by atoms with Gasteiger partial charge >= 0.3 is 0 Å². The Kier molecular flexibility index (Phi) is 3.67. The van der Waals surface area contributed by atoms with Crippen molar-refractivity contribution in [1.29, 1.82) is 0 Å². The van der Waals surface area contributed by atoms with Gasteiger partial charge in [-0.1, -0.05) is 0 Å². The molecule has 0 amide bonds. The fourth-order valence-corrected chi connectivity index (χ4v) is 4.73. The number of aromatic nitrogens is 3. The number of ether oxygens (including phenoxy) is 1. The van der Waals surface area contributed by atoms with Crippen LogP contribution < -0.4 is 15.7 Å². The lowest BCUT2D eigenvalue weighted by Gasteiger charge is -2.18. The lowest BCUT2D eigenvalue weighted by molar-refractivity contribution is 0.419. The number of pyridine rings is 2. The molecule has 4 aromatic rings. The summed E-state index contributed by atoms with van der Waals surface area (Å²) >= 11 is 1.17. The minimum absolute atomic E-state index is 0.193. The van der Waals surface area contributed by atoms with Gasteiger partial charge in [-0.15, -0.1) is 0 Å². The zero-order chi connectivity index (χ0) is 19.6. The largest absolute Gasteiger partial charge is 0.494 e. The van der Waals surface area contributed by atoms with Crippen LogP contribution in [0.15, 0.2) is 33.9 Å². The first kappa shape index (κ1) is 17.1. The Balaban J connectivity index is 1.97. The third-order valence-corrected chi connectivity index (χ3v) is 6.08. The third kappa shape index (κ3) is 2.34. The highest BCUT2D eigenvalue weighted by Crippen LogP contribution is 2.44. The van der Waals surface area contributed by atoms with Crippen molar-refractivity contribution in [3.8, 4) is 16.9 Å². The van der Waals surface area contributed by atoms with Crippen LogP contribution in [0.2, 0.25) is 0 Å². The number of nitrogens with one attached hydrogen (secondary N) is 1. The van der Waals surface area contributed by atoms with Gasteiger partial charge in [-0.25, -0.2) is 4.98 Å². The van der Waals surface area contributed by atoms with Gasteiger partial charge in [0.05, 0.1) is 18.0 Å². The van der Waals surface area contributed by atoms with Crippen LogP contribution >= 0.6 is 11.5 Å². The molecule has 6 nitrogen and oxygen atoms in total. The highest BCUT2D eigenvalue weighted by Gasteiger charge is 2.31. The van der Waals surface area contributed by atoms with Crippen LogP contribution in [0.25, 0.3) is 32.2 Å². The second-order valence-electron chi connectivity index (χ2n) is 6.95. The fourth-order valence-electron chi connectivity index (χ4n) is 3.81. The molecular weight excluding hydrogens is 381 g/mol. The molecule has 5 rings (SSSR count). The van der Waals surface area contributed by atoms with Crippen molar-refractivity contribution < 1.29 is 9.13 Å². The molecule has 0 aliphatic heterocycles. The van der Waals surface area contributed by atoms with Crippen LogP contribution in [0, 0.1) is 12.9 Å². The molecule has 0 radical (unpaired) electrons. The number of benzene rings is 1. The number of halogens is 1. The van der Waals surface area contributed by atoms with Crippen molar-refractivity contribution >= 4 is 32.7 Å². The van der Waals surface area contributed by atoms with E-state index < -0.39 is 5.95 Å². The van der Waals surface area contributed by atoms with Crippen LogP contribution in [0.1, 0.15) is 24.6 Å². The Morgan fingerprint density at radius 1 is 1.21 bits per heavy atom. The van der Waals surface area contributed by atoms with E-state index in [-0.39, 0.29) is 22.4 Å². The minimum atomic E-state index is -0.547. The van der Waals surface area contributed by atoms with Crippen molar-refractivity contribution in [3.05, 3.63) is 56.5 Å². The number of fused-ring (bicyclic) bond motifs is 2. The zero-order valence-electron chi connectivity index (χ0n) is 15.2. The van der Waals surface area contributed by atoms with E-state index in [0.717, 1.165) is 24.0 Å². The van der Waals surface area contributed by atoms with Crippen LogP contribution in [-0.2, 0) is 0 Å². The standard InChI is InChI=1S/C20H16FN3O3S/c1-9-11(7-8-14(21)22-9)12-5-6-13-16(18(12)27-2)24(10-3-4-10)20-15(17(13)25)19(26)23-28-20/h5-8,10H,3-4H2,1-2H3,(H,23,26). The maximum Gasteiger partial charge on any atom is 0.271 e. The number of methoxy groups -OCH3 is 1. The summed E-state index contributed by atoms with van der Waals surface area (Å²) in [5, 5.41) is 0.635. The molecular formula is C20H16FN3O3S. The summed E-state index contributed by atoms with van der Waals surface area (Å²) in [5.74, 6) is -0.0181. The fraction of sp³-hybridized carbons (Fsp3) is 0.250. The van der Waals surface area contributed by atoms with E-state index in [9.17, 15) is 14.0 Å². The summed E-state index contributed by atoms with van der Waals surface area (Å²) in [6, 6.07) is 6.67. The molecule has 28 heavy (non-hydrogen) atoms. The van der Waals surface area contributed by atoms with Gasteiger partial charge in [0.15, 0.2) is 5.75 Å². The number of hydrogen-bond donors (Lipinski definition) is 1. The average molecular weight is 397 g/mol. The summed E-state index contributed by atoms with van der Waals surface area (Å²) in [6.45, 7) is 1.73. The molecule has 1 aliphatic rings. The Hall–Kier alpha value is -3.00. The van der Waals surface area contributed by atoms with E-state index in [0.29, 0.717) is 27.2 Å². The number of aryl methyl sites for hydroxylation is 1. The van der Waals surface area contributed by atoms with Crippen LogP contribution in [0.3, 0.4) is 0 Å². The highest BCUT2D eigenvalue weighted by molar-refractivity contribution is 7.12. The first-order chi connectivity index (χ1) is 13.5. The first-order valence-electron chi connectivity index (χ1n) is 8.91. The van der Waals surface area contributed by atoms with Crippen LogP contribution in [0.5, 0.6) is 5.75 Å².